The first-order valence-corrected chi connectivity index (χ1v) is 6.90. The van der Waals surface area contributed by atoms with Crippen LogP contribution in [0.5, 0.6) is 0 Å². The second kappa shape index (κ2) is 7.21. The van der Waals surface area contributed by atoms with Crippen LogP contribution in [0.3, 0.4) is 0 Å². The van der Waals surface area contributed by atoms with Crippen LogP contribution in [0.15, 0.2) is 54.7 Å². The summed E-state index contributed by atoms with van der Waals surface area (Å²) in [5.41, 5.74) is 1.79. The summed E-state index contributed by atoms with van der Waals surface area (Å²) in [7, 11) is 0. The number of hydrogen-bond donors (Lipinski definition) is 3. The van der Waals surface area contributed by atoms with E-state index in [0.29, 0.717) is 12.1 Å². The molecular weight excluding hydrogens is 280 g/mol. The molecule has 3 N–H and O–H groups in total. The van der Waals surface area contributed by atoms with Crippen LogP contribution in [0.1, 0.15) is 19.0 Å². The molecule has 2 heterocycles. The van der Waals surface area contributed by atoms with Crippen LogP contribution in [0, 0.1) is 0 Å². The number of H-pyrrole nitrogens is 1. The molecule has 1 aliphatic heterocycles. The first-order chi connectivity index (χ1) is 10.6. The number of carbonyl (C=O) groups excluding carboxylic acids is 2. The maximum absolute atomic E-state index is 12.1. The molecule has 0 spiro atoms. The lowest BCUT2D eigenvalue weighted by Crippen LogP contribution is -2.54. The third-order valence-corrected chi connectivity index (χ3v) is 3.20. The number of allylic oxidation sites excluding steroid dienone is 4. The highest BCUT2D eigenvalue weighted by molar-refractivity contribution is 6.07. The molecule has 1 aliphatic rings. The minimum atomic E-state index is -0.591. The molecule has 1 unspecified atom stereocenters. The van der Waals surface area contributed by atoms with Crippen molar-refractivity contribution in [3.05, 3.63) is 60.4 Å². The summed E-state index contributed by atoms with van der Waals surface area (Å²) in [6.45, 7) is 5.49. The lowest BCUT2D eigenvalue weighted by atomic mass is 10.0. The molecule has 0 saturated carbocycles. The Balaban J connectivity index is 2.07. The first kappa shape index (κ1) is 15.5. The molecule has 1 saturated heterocycles. The lowest BCUT2D eigenvalue weighted by Gasteiger charge is -2.25. The molecular formula is C16H18N4O2. The second-order valence-electron chi connectivity index (χ2n) is 4.74. The van der Waals surface area contributed by atoms with Crippen molar-refractivity contribution in [2.75, 3.05) is 0 Å². The van der Waals surface area contributed by atoms with Crippen LogP contribution < -0.4 is 10.6 Å². The Morgan fingerprint density at radius 2 is 2.27 bits per heavy atom. The number of aromatic nitrogens is 2. The number of nitrogens with one attached hydrogen (secondary N) is 3. The fourth-order valence-corrected chi connectivity index (χ4v) is 2.03. The van der Waals surface area contributed by atoms with Crippen molar-refractivity contribution in [3.8, 4) is 0 Å². The SMILES string of the molecule is C=C/C=C\C(=C/C)CC1NC(=O)/C(=C/c2cnc[nH]2)NC1=O. The molecule has 1 aromatic rings. The summed E-state index contributed by atoms with van der Waals surface area (Å²) in [5.74, 6) is -0.556. The molecule has 2 rings (SSSR count). The zero-order valence-electron chi connectivity index (χ0n) is 12.3. The van der Waals surface area contributed by atoms with Crippen LogP contribution in [-0.2, 0) is 9.59 Å². The van der Waals surface area contributed by atoms with Gasteiger partial charge in [-0.3, -0.25) is 9.59 Å². The molecule has 0 aliphatic carbocycles. The number of piperazine rings is 1. The van der Waals surface area contributed by atoms with E-state index in [0.717, 1.165) is 5.57 Å². The molecule has 1 fully saturated rings. The van der Waals surface area contributed by atoms with Crippen molar-refractivity contribution >= 4 is 17.9 Å². The fourth-order valence-electron chi connectivity index (χ4n) is 2.03. The van der Waals surface area contributed by atoms with Crippen molar-refractivity contribution in [2.24, 2.45) is 0 Å². The van der Waals surface area contributed by atoms with E-state index in [9.17, 15) is 9.59 Å². The van der Waals surface area contributed by atoms with Crippen molar-refractivity contribution in [1.29, 1.82) is 0 Å². The quantitative estimate of drug-likeness (QED) is 0.568. The molecule has 6 nitrogen and oxygen atoms in total. The topological polar surface area (TPSA) is 86.9 Å². The summed E-state index contributed by atoms with van der Waals surface area (Å²) in [5, 5.41) is 5.35. The minimum absolute atomic E-state index is 0.203. The van der Waals surface area contributed by atoms with E-state index in [1.165, 1.54) is 6.33 Å². The van der Waals surface area contributed by atoms with Crippen LogP contribution in [0.25, 0.3) is 6.08 Å². The van der Waals surface area contributed by atoms with Crippen LogP contribution in [-0.4, -0.2) is 27.8 Å². The van der Waals surface area contributed by atoms with Gasteiger partial charge in [0.2, 0.25) is 5.91 Å². The van der Waals surface area contributed by atoms with Gasteiger partial charge in [-0.05, 0) is 18.6 Å². The molecule has 0 aromatic carbocycles. The zero-order chi connectivity index (χ0) is 15.9. The van der Waals surface area contributed by atoms with Gasteiger partial charge in [0.1, 0.15) is 11.7 Å². The van der Waals surface area contributed by atoms with Gasteiger partial charge in [0.05, 0.1) is 18.2 Å². The Labute approximate surface area is 128 Å². The number of nitrogens with zero attached hydrogens (tertiary/aromatic N) is 1. The van der Waals surface area contributed by atoms with E-state index in [2.05, 4.69) is 27.2 Å². The first-order valence-electron chi connectivity index (χ1n) is 6.90. The second-order valence-corrected chi connectivity index (χ2v) is 4.74. The van der Waals surface area contributed by atoms with Gasteiger partial charge in [-0.25, -0.2) is 4.98 Å². The smallest absolute Gasteiger partial charge is 0.268 e. The third-order valence-electron chi connectivity index (χ3n) is 3.20. The number of hydrogen-bond acceptors (Lipinski definition) is 3. The number of carbonyl (C=O) groups is 2. The van der Waals surface area contributed by atoms with E-state index in [4.69, 9.17) is 0 Å². The number of amides is 2. The maximum atomic E-state index is 12.1. The normalized spacial score (nSPS) is 21.0. The van der Waals surface area contributed by atoms with E-state index in [-0.39, 0.29) is 17.5 Å². The van der Waals surface area contributed by atoms with E-state index >= 15 is 0 Å². The van der Waals surface area contributed by atoms with Crippen molar-refractivity contribution < 1.29 is 9.59 Å². The highest BCUT2D eigenvalue weighted by Crippen LogP contribution is 2.13. The molecule has 1 aromatic heterocycles. The summed E-state index contributed by atoms with van der Waals surface area (Å²) in [6.07, 6.45) is 12.3. The molecule has 0 radical (unpaired) electrons. The maximum Gasteiger partial charge on any atom is 0.268 e. The Kier molecular flexibility index (Phi) is 5.08. The van der Waals surface area contributed by atoms with Crippen molar-refractivity contribution in [1.82, 2.24) is 20.6 Å². The van der Waals surface area contributed by atoms with Gasteiger partial charge in [0.15, 0.2) is 0 Å². The highest BCUT2D eigenvalue weighted by Gasteiger charge is 2.29. The number of imidazole rings is 1. The average Bonchev–Trinajstić information content (AvgIpc) is 3.01. The van der Waals surface area contributed by atoms with Gasteiger partial charge in [0, 0.05) is 6.42 Å². The van der Waals surface area contributed by atoms with Crippen LogP contribution in [0.2, 0.25) is 0 Å². The van der Waals surface area contributed by atoms with E-state index in [1.807, 2.05) is 19.1 Å². The van der Waals surface area contributed by atoms with Gasteiger partial charge in [-0.1, -0.05) is 30.9 Å². The summed E-state index contributed by atoms with van der Waals surface area (Å²) < 4.78 is 0. The van der Waals surface area contributed by atoms with Gasteiger partial charge >= 0.3 is 0 Å². The standard InChI is InChI=1S/C16H18N4O2/c1-3-5-6-11(4-2)7-13-15(21)20-14(16(22)19-13)8-12-9-17-10-18-12/h3-6,8-10,13H,1,7H2,2H3,(H,17,18)(H,19,22)(H,20,21)/b6-5-,11-4+,14-8-. The largest absolute Gasteiger partial charge is 0.345 e. The Bertz CT molecular complexity index is 654. The van der Waals surface area contributed by atoms with E-state index in [1.54, 1.807) is 24.4 Å². The fraction of sp³-hybridized carbons (Fsp3) is 0.188. The van der Waals surface area contributed by atoms with Gasteiger partial charge < -0.3 is 15.6 Å². The number of rotatable bonds is 5. The zero-order valence-corrected chi connectivity index (χ0v) is 12.3. The van der Waals surface area contributed by atoms with E-state index < -0.39 is 6.04 Å². The monoisotopic (exact) mass is 298 g/mol. The summed E-state index contributed by atoms with van der Waals surface area (Å²) >= 11 is 0. The molecule has 1 atom stereocenters. The molecule has 114 valence electrons. The summed E-state index contributed by atoms with van der Waals surface area (Å²) in [6, 6.07) is -0.591. The predicted molar refractivity (Wildman–Crippen MR) is 84.3 cm³/mol. The molecule has 22 heavy (non-hydrogen) atoms. The average molecular weight is 298 g/mol. The molecule has 0 bridgehead atoms. The molecule has 2 amide bonds. The van der Waals surface area contributed by atoms with Gasteiger partial charge in [-0.2, -0.15) is 0 Å². The summed E-state index contributed by atoms with van der Waals surface area (Å²) in [4.78, 5) is 30.9. The van der Waals surface area contributed by atoms with Crippen molar-refractivity contribution in [3.63, 3.8) is 0 Å². The predicted octanol–water partition coefficient (Wildman–Crippen LogP) is 1.44. The minimum Gasteiger partial charge on any atom is -0.345 e. The van der Waals surface area contributed by atoms with Crippen LogP contribution in [0.4, 0.5) is 0 Å². The Morgan fingerprint density at radius 1 is 1.45 bits per heavy atom. The Morgan fingerprint density at radius 3 is 2.91 bits per heavy atom. The van der Waals surface area contributed by atoms with Gasteiger partial charge in [0.25, 0.3) is 5.91 Å². The van der Waals surface area contributed by atoms with Gasteiger partial charge in [-0.15, -0.1) is 0 Å². The number of aromatic amines is 1. The molecule has 6 heteroatoms. The van der Waals surface area contributed by atoms with Crippen molar-refractivity contribution in [2.45, 2.75) is 19.4 Å². The van der Waals surface area contributed by atoms with Crippen LogP contribution >= 0.6 is 0 Å². The Hall–Kier alpha value is -2.89. The highest BCUT2D eigenvalue weighted by atomic mass is 16.2. The third kappa shape index (κ3) is 3.82. The lowest BCUT2D eigenvalue weighted by molar-refractivity contribution is -0.130.